The fraction of sp³-hybridized carbons (Fsp3) is 0.600. The largest absolute Gasteiger partial charge is 0.343 e. The molecule has 5 atom stereocenters. The summed E-state index contributed by atoms with van der Waals surface area (Å²) >= 11 is 1.46. The molecule has 0 unspecified atom stereocenters. The zero-order valence-corrected chi connectivity index (χ0v) is 17.1. The summed E-state index contributed by atoms with van der Waals surface area (Å²) in [5, 5.41) is 0.677. The summed E-state index contributed by atoms with van der Waals surface area (Å²) in [5.74, 6) is 1.07. The zero-order valence-electron chi connectivity index (χ0n) is 15.5. The third kappa shape index (κ3) is 3.38. The van der Waals surface area contributed by atoms with E-state index >= 15 is 0 Å². The van der Waals surface area contributed by atoms with Gasteiger partial charge in [-0.3, -0.25) is 4.79 Å². The summed E-state index contributed by atoms with van der Waals surface area (Å²) in [4.78, 5) is 19.2. The van der Waals surface area contributed by atoms with Crippen LogP contribution in [0.5, 0.6) is 0 Å². The Morgan fingerprint density at radius 2 is 1.93 bits per heavy atom. The lowest BCUT2D eigenvalue weighted by molar-refractivity contribution is -0.117. The standard InChI is InChI=1S/C20H23FN2O3S2/c21-15-5-2-12(3-6-15)9-19(24)22-20-23(16-8-13-1-4-14(16)7-13)17-10-28(25,26)11-18(17)27-20/h2-3,5-6,13-14,16-18H,1,4,7-11H2/t13-,14-,16-,17+,18+/m0/s1. The highest BCUT2D eigenvalue weighted by Crippen LogP contribution is 2.51. The van der Waals surface area contributed by atoms with Crippen molar-refractivity contribution in [3.8, 4) is 0 Å². The van der Waals surface area contributed by atoms with Crippen LogP contribution < -0.4 is 0 Å². The van der Waals surface area contributed by atoms with Crippen molar-refractivity contribution in [2.45, 2.75) is 49.4 Å². The zero-order chi connectivity index (χ0) is 19.5. The Morgan fingerprint density at radius 3 is 2.61 bits per heavy atom. The molecule has 1 aromatic carbocycles. The molecule has 150 valence electrons. The maximum absolute atomic E-state index is 13.1. The molecule has 8 heteroatoms. The Labute approximate surface area is 168 Å². The van der Waals surface area contributed by atoms with E-state index in [-0.39, 0.29) is 40.9 Å². The van der Waals surface area contributed by atoms with Gasteiger partial charge in [0.2, 0.25) is 0 Å². The van der Waals surface area contributed by atoms with E-state index in [1.165, 1.54) is 43.2 Å². The van der Waals surface area contributed by atoms with Crippen LogP contribution in [0, 0.1) is 17.7 Å². The molecule has 0 aromatic heterocycles. The minimum atomic E-state index is -3.02. The molecule has 2 aliphatic carbocycles. The lowest BCUT2D eigenvalue weighted by Gasteiger charge is -2.36. The highest BCUT2D eigenvalue weighted by molar-refractivity contribution is 8.15. The number of hydrogen-bond acceptors (Lipinski definition) is 4. The molecule has 2 saturated heterocycles. The summed E-state index contributed by atoms with van der Waals surface area (Å²) in [6.45, 7) is 0. The molecule has 2 heterocycles. The van der Waals surface area contributed by atoms with Crippen molar-refractivity contribution < 1.29 is 17.6 Å². The van der Waals surface area contributed by atoms with Crippen LogP contribution in [0.4, 0.5) is 4.39 Å². The van der Waals surface area contributed by atoms with Gasteiger partial charge in [-0.2, -0.15) is 4.99 Å². The second-order valence-corrected chi connectivity index (χ2v) is 11.9. The van der Waals surface area contributed by atoms with E-state index in [1.54, 1.807) is 12.1 Å². The first-order valence-electron chi connectivity index (χ1n) is 9.89. The van der Waals surface area contributed by atoms with E-state index in [0.29, 0.717) is 17.1 Å². The highest BCUT2D eigenvalue weighted by atomic mass is 32.2. The number of nitrogens with zero attached hydrogens (tertiary/aromatic N) is 2. The number of rotatable bonds is 3. The number of carbonyl (C=O) groups excluding carboxylic acids is 1. The third-order valence-electron chi connectivity index (χ3n) is 6.65. The number of fused-ring (bicyclic) bond motifs is 3. The van der Waals surface area contributed by atoms with E-state index < -0.39 is 9.84 Å². The quantitative estimate of drug-likeness (QED) is 0.749. The summed E-state index contributed by atoms with van der Waals surface area (Å²) in [6.07, 6.45) is 4.89. The predicted molar refractivity (Wildman–Crippen MR) is 107 cm³/mol. The molecule has 2 saturated carbocycles. The van der Waals surface area contributed by atoms with E-state index in [2.05, 4.69) is 9.89 Å². The number of aliphatic imine (C=N–C) groups is 1. The lowest BCUT2D eigenvalue weighted by atomic mass is 9.93. The van der Waals surface area contributed by atoms with Crippen LogP contribution in [0.15, 0.2) is 29.3 Å². The maximum Gasteiger partial charge on any atom is 0.252 e. The Bertz CT molecular complexity index is 931. The van der Waals surface area contributed by atoms with Crippen molar-refractivity contribution in [1.82, 2.24) is 4.90 Å². The topological polar surface area (TPSA) is 66.8 Å². The van der Waals surface area contributed by atoms with E-state index in [4.69, 9.17) is 0 Å². The Morgan fingerprint density at radius 1 is 1.14 bits per heavy atom. The molecule has 4 aliphatic rings. The molecule has 0 N–H and O–H groups in total. The van der Waals surface area contributed by atoms with Gasteiger partial charge < -0.3 is 4.90 Å². The van der Waals surface area contributed by atoms with Crippen molar-refractivity contribution in [2.75, 3.05) is 11.5 Å². The summed E-state index contributed by atoms with van der Waals surface area (Å²) in [7, 11) is -3.02. The molecule has 1 amide bonds. The van der Waals surface area contributed by atoms with Crippen molar-refractivity contribution in [3.63, 3.8) is 0 Å². The molecular formula is C20H23FN2O3S2. The van der Waals surface area contributed by atoms with Gasteiger partial charge in [-0.05, 0) is 48.8 Å². The van der Waals surface area contributed by atoms with Crippen LogP contribution in [0.2, 0.25) is 0 Å². The minimum Gasteiger partial charge on any atom is -0.343 e. The summed E-state index contributed by atoms with van der Waals surface area (Å²) in [5.41, 5.74) is 0.730. The second kappa shape index (κ2) is 6.83. The average molecular weight is 423 g/mol. The number of amides is 1. The van der Waals surface area contributed by atoms with Crippen LogP contribution >= 0.6 is 11.8 Å². The van der Waals surface area contributed by atoms with Gasteiger partial charge in [0.15, 0.2) is 15.0 Å². The predicted octanol–water partition coefficient (Wildman–Crippen LogP) is 2.65. The molecule has 5 nitrogen and oxygen atoms in total. The summed E-state index contributed by atoms with van der Waals surface area (Å²) < 4.78 is 37.4. The third-order valence-corrected chi connectivity index (χ3v) is 9.88. The number of benzene rings is 1. The van der Waals surface area contributed by atoms with Gasteiger partial charge in [0.05, 0.1) is 24.0 Å². The molecule has 0 spiro atoms. The number of sulfone groups is 1. The number of carbonyl (C=O) groups is 1. The molecular weight excluding hydrogens is 399 g/mol. The van der Waals surface area contributed by atoms with Crippen LogP contribution in [0.25, 0.3) is 0 Å². The Balaban J connectivity index is 1.40. The van der Waals surface area contributed by atoms with Crippen molar-refractivity contribution in [1.29, 1.82) is 0 Å². The van der Waals surface area contributed by atoms with Gasteiger partial charge in [-0.1, -0.05) is 30.3 Å². The first-order chi connectivity index (χ1) is 13.4. The van der Waals surface area contributed by atoms with Crippen LogP contribution in [-0.4, -0.2) is 53.2 Å². The van der Waals surface area contributed by atoms with Gasteiger partial charge >= 0.3 is 0 Å². The van der Waals surface area contributed by atoms with Crippen molar-refractivity contribution >= 4 is 32.7 Å². The molecule has 2 aliphatic heterocycles. The Kier molecular flexibility index (Phi) is 4.54. The van der Waals surface area contributed by atoms with E-state index in [1.807, 2.05) is 0 Å². The molecule has 28 heavy (non-hydrogen) atoms. The first kappa shape index (κ1) is 18.6. The van der Waals surface area contributed by atoms with E-state index in [0.717, 1.165) is 17.9 Å². The molecule has 1 aromatic rings. The smallest absolute Gasteiger partial charge is 0.252 e. The van der Waals surface area contributed by atoms with Crippen LogP contribution in [0.1, 0.15) is 31.2 Å². The SMILES string of the molecule is O=C(Cc1ccc(F)cc1)N=C1S[C@@H]2CS(=O)(=O)C[C@H]2N1[C@H]1C[C@H]2CC[C@H]1C2. The van der Waals surface area contributed by atoms with Gasteiger partial charge in [-0.15, -0.1) is 0 Å². The summed E-state index contributed by atoms with van der Waals surface area (Å²) in [6, 6.07) is 6.14. The molecule has 4 fully saturated rings. The van der Waals surface area contributed by atoms with Gasteiger partial charge in [0, 0.05) is 11.3 Å². The number of amidine groups is 1. The number of thioether (sulfide) groups is 1. The normalized spacial score (nSPS) is 37.0. The number of halogens is 1. The van der Waals surface area contributed by atoms with Crippen LogP contribution in [0.3, 0.4) is 0 Å². The van der Waals surface area contributed by atoms with Crippen molar-refractivity contribution in [3.05, 3.63) is 35.6 Å². The molecule has 2 bridgehead atoms. The fourth-order valence-corrected chi connectivity index (χ4v) is 9.44. The maximum atomic E-state index is 13.1. The highest BCUT2D eigenvalue weighted by Gasteiger charge is 2.54. The molecule has 5 rings (SSSR count). The average Bonchev–Trinajstić information content (AvgIpc) is 3.36. The number of hydrogen-bond donors (Lipinski definition) is 0. The van der Waals surface area contributed by atoms with Crippen LogP contribution in [-0.2, 0) is 21.1 Å². The minimum absolute atomic E-state index is 0.0264. The van der Waals surface area contributed by atoms with Gasteiger partial charge in [0.1, 0.15) is 5.82 Å². The van der Waals surface area contributed by atoms with Gasteiger partial charge in [0.25, 0.3) is 5.91 Å². The van der Waals surface area contributed by atoms with Gasteiger partial charge in [-0.25, -0.2) is 12.8 Å². The molecule has 0 radical (unpaired) electrons. The fourth-order valence-electron chi connectivity index (χ4n) is 5.45. The first-order valence-corrected chi connectivity index (χ1v) is 12.6. The van der Waals surface area contributed by atoms with E-state index in [9.17, 15) is 17.6 Å². The monoisotopic (exact) mass is 422 g/mol. The second-order valence-electron chi connectivity index (χ2n) is 8.54. The van der Waals surface area contributed by atoms with Crippen molar-refractivity contribution in [2.24, 2.45) is 16.8 Å². The Hall–Kier alpha value is -1.41. The lowest BCUT2D eigenvalue weighted by Crippen LogP contribution is -2.47.